The molecular formula is C19H24F3N3O4. The fourth-order valence-corrected chi connectivity index (χ4v) is 3.17. The van der Waals surface area contributed by atoms with Crippen molar-refractivity contribution < 1.29 is 32.2 Å². The minimum absolute atomic E-state index is 0.492. The van der Waals surface area contributed by atoms with E-state index in [1.165, 1.54) is 24.1 Å². The lowest BCUT2D eigenvalue weighted by molar-refractivity contribution is -0.192. The predicted molar refractivity (Wildman–Crippen MR) is 95.8 cm³/mol. The van der Waals surface area contributed by atoms with E-state index in [4.69, 9.17) is 19.1 Å². The summed E-state index contributed by atoms with van der Waals surface area (Å²) in [6.45, 7) is 5.61. The van der Waals surface area contributed by atoms with Crippen LogP contribution in [0.15, 0.2) is 35.3 Å². The molecular weight excluding hydrogens is 391 g/mol. The number of fused-ring (bicyclic) bond motifs is 1. The summed E-state index contributed by atoms with van der Waals surface area (Å²) in [4.78, 5) is 11.4. The third-order valence-corrected chi connectivity index (χ3v) is 4.77. The van der Waals surface area contributed by atoms with E-state index in [2.05, 4.69) is 20.7 Å². The minimum Gasteiger partial charge on any atom is -0.475 e. The highest BCUT2D eigenvalue weighted by Gasteiger charge is 2.38. The molecule has 0 spiro atoms. The van der Waals surface area contributed by atoms with E-state index in [1.807, 2.05) is 18.5 Å². The van der Waals surface area contributed by atoms with Gasteiger partial charge in [-0.15, -0.1) is 0 Å². The van der Waals surface area contributed by atoms with Crippen LogP contribution in [-0.2, 0) is 29.2 Å². The number of halogens is 3. The quantitative estimate of drug-likeness (QED) is 0.781. The highest BCUT2D eigenvalue weighted by molar-refractivity contribution is 5.73. The van der Waals surface area contributed by atoms with Gasteiger partial charge in [-0.05, 0) is 30.9 Å². The van der Waals surface area contributed by atoms with Gasteiger partial charge in [0, 0.05) is 50.5 Å². The van der Waals surface area contributed by atoms with Crippen LogP contribution in [0.5, 0.6) is 0 Å². The zero-order valence-electron chi connectivity index (χ0n) is 15.8. The molecule has 1 aliphatic heterocycles. The van der Waals surface area contributed by atoms with Crippen molar-refractivity contribution in [2.45, 2.75) is 38.7 Å². The van der Waals surface area contributed by atoms with Gasteiger partial charge in [-0.25, -0.2) is 4.79 Å². The lowest BCUT2D eigenvalue weighted by Crippen LogP contribution is -2.30. The van der Waals surface area contributed by atoms with Gasteiger partial charge < -0.3 is 14.3 Å². The lowest BCUT2D eigenvalue weighted by Gasteiger charge is -2.23. The molecule has 2 aromatic rings. The number of aliphatic carboxylic acids is 1. The molecule has 0 radical (unpaired) electrons. The number of hydrogen-bond acceptors (Lipinski definition) is 5. The molecule has 3 heterocycles. The number of nitrogens with zero attached hydrogens (tertiary/aromatic N) is 3. The van der Waals surface area contributed by atoms with Crippen molar-refractivity contribution in [1.82, 2.24) is 14.7 Å². The number of carbonyl (C=O) groups is 1. The highest BCUT2D eigenvalue weighted by atomic mass is 19.4. The number of hydrogen-bond donors (Lipinski definition) is 1. The van der Waals surface area contributed by atoms with Crippen molar-refractivity contribution >= 4 is 5.97 Å². The van der Waals surface area contributed by atoms with Crippen LogP contribution in [0.1, 0.15) is 24.1 Å². The van der Waals surface area contributed by atoms with Crippen molar-refractivity contribution in [2.24, 2.45) is 11.8 Å². The van der Waals surface area contributed by atoms with Crippen LogP contribution in [0, 0.1) is 11.8 Å². The van der Waals surface area contributed by atoms with E-state index in [9.17, 15) is 13.2 Å². The second kappa shape index (κ2) is 9.45. The predicted octanol–water partition coefficient (Wildman–Crippen LogP) is 3.17. The standard InChI is InChI=1S/C17H23N3O2.C2HF3O2/c1-2-14(1)11-22-13-16-8-19(7-15-4-6-21-12-15)10-17-3-5-18-20(17)9-16;3-2(4,5)1(6)7/h3-6,12,14,16H,1-2,7-11,13H2;(H,6,7). The first kappa shape index (κ1) is 21.4. The van der Waals surface area contributed by atoms with Crippen molar-refractivity contribution in [2.75, 3.05) is 19.8 Å². The average Bonchev–Trinajstić information content (AvgIpc) is 3.19. The Morgan fingerprint density at radius 1 is 1.24 bits per heavy atom. The molecule has 1 fully saturated rings. The van der Waals surface area contributed by atoms with Crippen molar-refractivity contribution in [3.05, 3.63) is 42.1 Å². The molecule has 29 heavy (non-hydrogen) atoms. The third-order valence-electron chi connectivity index (χ3n) is 4.77. The number of rotatable bonds is 6. The summed E-state index contributed by atoms with van der Waals surface area (Å²) in [6, 6.07) is 4.16. The number of furan rings is 1. The van der Waals surface area contributed by atoms with E-state index in [0.29, 0.717) is 5.92 Å². The summed E-state index contributed by atoms with van der Waals surface area (Å²) in [5.74, 6) is -1.44. The lowest BCUT2D eigenvalue weighted by atomic mass is 10.1. The first-order valence-electron chi connectivity index (χ1n) is 9.43. The maximum atomic E-state index is 10.6. The number of carboxylic acids is 1. The van der Waals surface area contributed by atoms with Crippen LogP contribution in [-0.4, -0.2) is 51.7 Å². The molecule has 1 unspecified atom stereocenters. The van der Waals surface area contributed by atoms with Gasteiger partial charge in [0.2, 0.25) is 0 Å². The zero-order chi connectivity index (χ0) is 20.9. The van der Waals surface area contributed by atoms with E-state index < -0.39 is 12.1 Å². The van der Waals surface area contributed by atoms with Crippen molar-refractivity contribution in [3.63, 3.8) is 0 Å². The molecule has 0 bridgehead atoms. The van der Waals surface area contributed by atoms with Gasteiger partial charge in [-0.2, -0.15) is 18.3 Å². The third kappa shape index (κ3) is 6.90. The van der Waals surface area contributed by atoms with Crippen LogP contribution >= 0.6 is 0 Å². The van der Waals surface area contributed by atoms with E-state index in [-0.39, 0.29) is 0 Å². The number of ether oxygens (including phenoxy) is 1. The first-order valence-corrected chi connectivity index (χ1v) is 9.43. The Hall–Kier alpha value is -2.33. The number of alkyl halides is 3. The number of aromatic nitrogens is 2. The topological polar surface area (TPSA) is 80.7 Å². The number of carboxylic acid groups (broad SMARTS) is 1. The normalized spacial score (nSPS) is 19.8. The highest BCUT2D eigenvalue weighted by Crippen LogP contribution is 2.29. The van der Waals surface area contributed by atoms with Crippen LogP contribution in [0.4, 0.5) is 13.2 Å². The Labute approximate surface area is 166 Å². The summed E-state index contributed by atoms with van der Waals surface area (Å²) >= 11 is 0. The monoisotopic (exact) mass is 415 g/mol. The van der Waals surface area contributed by atoms with E-state index >= 15 is 0 Å². The molecule has 0 aromatic carbocycles. The Kier molecular flexibility index (Phi) is 6.96. The molecule has 2 aromatic heterocycles. The molecule has 10 heteroatoms. The molecule has 0 amide bonds. The maximum absolute atomic E-state index is 10.6. The Bertz CT molecular complexity index is 772. The SMILES string of the molecule is O=C(O)C(F)(F)F.c1cc2n(n1)CC(COCC1CC1)CN(Cc1ccoc1)C2. The fraction of sp³-hybridized carbons (Fsp3) is 0.579. The molecule has 1 atom stereocenters. The molecule has 1 N–H and O–H groups in total. The summed E-state index contributed by atoms with van der Waals surface area (Å²) in [6.07, 6.45) is 3.09. The first-order chi connectivity index (χ1) is 13.8. The molecule has 1 saturated carbocycles. The zero-order valence-corrected chi connectivity index (χ0v) is 15.8. The minimum atomic E-state index is -5.08. The van der Waals surface area contributed by atoms with Gasteiger partial charge in [-0.1, -0.05) is 0 Å². The second-order valence-corrected chi connectivity index (χ2v) is 7.46. The molecule has 4 rings (SSSR count). The molecule has 0 saturated heterocycles. The van der Waals surface area contributed by atoms with Crippen LogP contribution < -0.4 is 0 Å². The van der Waals surface area contributed by atoms with Crippen molar-refractivity contribution in [3.8, 4) is 0 Å². The molecule has 2 aliphatic rings. The maximum Gasteiger partial charge on any atom is 0.490 e. The van der Waals surface area contributed by atoms with E-state index in [1.54, 1.807) is 6.26 Å². The van der Waals surface area contributed by atoms with E-state index in [0.717, 1.165) is 45.3 Å². The Morgan fingerprint density at radius 3 is 2.59 bits per heavy atom. The van der Waals surface area contributed by atoms with Gasteiger partial charge in [-0.3, -0.25) is 9.58 Å². The second-order valence-electron chi connectivity index (χ2n) is 7.46. The fourth-order valence-electron chi connectivity index (χ4n) is 3.17. The Balaban J connectivity index is 0.000000298. The largest absolute Gasteiger partial charge is 0.490 e. The van der Waals surface area contributed by atoms with Crippen molar-refractivity contribution in [1.29, 1.82) is 0 Å². The van der Waals surface area contributed by atoms with Crippen LogP contribution in [0.3, 0.4) is 0 Å². The Morgan fingerprint density at radius 2 is 1.97 bits per heavy atom. The summed E-state index contributed by atoms with van der Waals surface area (Å²) in [7, 11) is 0. The van der Waals surface area contributed by atoms with Gasteiger partial charge in [0.25, 0.3) is 0 Å². The van der Waals surface area contributed by atoms with Crippen LogP contribution in [0.25, 0.3) is 0 Å². The van der Waals surface area contributed by atoms with Crippen LogP contribution in [0.2, 0.25) is 0 Å². The van der Waals surface area contributed by atoms with Gasteiger partial charge >= 0.3 is 12.1 Å². The van der Waals surface area contributed by atoms with Gasteiger partial charge in [0.05, 0.1) is 24.8 Å². The molecule has 7 nitrogen and oxygen atoms in total. The molecule has 1 aliphatic carbocycles. The summed E-state index contributed by atoms with van der Waals surface area (Å²) < 4.78 is 45.0. The average molecular weight is 415 g/mol. The summed E-state index contributed by atoms with van der Waals surface area (Å²) in [5, 5.41) is 11.6. The smallest absolute Gasteiger partial charge is 0.475 e. The van der Waals surface area contributed by atoms with Gasteiger partial charge in [0.15, 0.2) is 0 Å². The van der Waals surface area contributed by atoms with Gasteiger partial charge in [0.1, 0.15) is 0 Å². The molecule has 160 valence electrons. The summed E-state index contributed by atoms with van der Waals surface area (Å²) in [5.41, 5.74) is 2.51.